The van der Waals surface area contributed by atoms with Crippen LogP contribution in [0.15, 0.2) is 54.5 Å². The Labute approximate surface area is 170 Å². The smallest absolute Gasteiger partial charge is 0.137 e. The summed E-state index contributed by atoms with van der Waals surface area (Å²) in [6.07, 6.45) is 5.31. The van der Waals surface area contributed by atoms with Gasteiger partial charge in [0.2, 0.25) is 0 Å². The molecule has 1 atom stereocenters. The lowest BCUT2D eigenvalue weighted by Crippen LogP contribution is -2.41. The quantitative estimate of drug-likeness (QED) is 0.180. The number of hydrogen-bond acceptors (Lipinski definition) is 5. The first-order valence-electron chi connectivity index (χ1n) is 9.55. The van der Waals surface area contributed by atoms with Crippen LogP contribution in [0.5, 0.6) is 0 Å². The van der Waals surface area contributed by atoms with Crippen LogP contribution in [-0.2, 0) is 4.74 Å². The van der Waals surface area contributed by atoms with Crippen molar-refractivity contribution < 1.29 is 9.13 Å². The van der Waals surface area contributed by atoms with E-state index in [1.165, 1.54) is 12.1 Å². The lowest BCUT2D eigenvalue weighted by Gasteiger charge is -2.33. The summed E-state index contributed by atoms with van der Waals surface area (Å²) in [5.41, 5.74) is 1.69. The number of rotatable bonds is 12. The highest BCUT2D eigenvalue weighted by Crippen LogP contribution is 2.12. The van der Waals surface area contributed by atoms with E-state index in [0.29, 0.717) is 6.73 Å². The van der Waals surface area contributed by atoms with Gasteiger partial charge in [-0.3, -0.25) is 0 Å². The first-order chi connectivity index (χ1) is 13.1. The summed E-state index contributed by atoms with van der Waals surface area (Å²) in [5, 5.41) is 9.60. The Morgan fingerprint density at radius 1 is 1.32 bits per heavy atom. The van der Waals surface area contributed by atoms with Gasteiger partial charge in [0.05, 0.1) is 5.71 Å². The van der Waals surface area contributed by atoms with Crippen molar-refractivity contribution in [1.82, 2.24) is 15.2 Å². The van der Waals surface area contributed by atoms with Crippen LogP contribution in [0.1, 0.15) is 19.4 Å². The highest BCUT2D eigenvalue weighted by Gasteiger charge is 2.17. The van der Waals surface area contributed by atoms with E-state index >= 15 is 0 Å². The van der Waals surface area contributed by atoms with Crippen LogP contribution in [0, 0.1) is 5.82 Å². The Bertz CT molecular complexity index is 655. The molecule has 0 radical (unpaired) electrons. The fourth-order valence-electron chi connectivity index (χ4n) is 2.26. The van der Waals surface area contributed by atoms with Crippen LogP contribution < -0.4 is 5.32 Å². The van der Waals surface area contributed by atoms with Gasteiger partial charge < -0.3 is 15.0 Å². The van der Waals surface area contributed by atoms with Gasteiger partial charge in [-0.05, 0) is 43.8 Å². The molecule has 1 N–H and O–H groups in total. The van der Waals surface area contributed by atoms with Crippen LogP contribution in [0.25, 0.3) is 0 Å². The molecule has 0 bridgehead atoms. The highest BCUT2D eigenvalue weighted by molar-refractivity contribution is 6.76. The Morgan fingerprint density at radius 2 is 1.96 bits per heavy atom. The van der Waals surface area contributed by atoms with Crippen LogP contribution in [0.2, 0.25) is 25.7 Å². The Balaban J connectivity index is 2.90. The minimum atomic E-state index is -1.14. The molecule has 0 aliphatic carbocycles. The molecule has 0 spiro atoms. The molecule has 5 nitrogen and oxygen atoms in total. The first-order valence-corrected chi connectivity index (χ1v) is 13.3. The summed E-state index contributed by atoms with van der Waals surface area (Å²) in [6, 6.07) is 7.47. The summed E-state index contributed by atoms with van der Waals surface area (Å²) in [4.78, 5) is 2.03. The molecule has 0 saturated heterocycles. The van der Waals surface area contributed by atoms with Gasteiger partial charge in [-0.15, -0.1) is 0 Å². The number of nitrogens with zero attached hydrogens (tertiary/aromatic N) is 3. The summed E-state index contributed by atoms with van der Waals surface area (Å²) < 4.78 is 19.1. The van der Waals surface area contributed by atoms with Crippen molar-refractivity contribution in [2.45, 2.75) is 45.7 Å². The van der Waals surface area contributed by atoms with Gasteiger partial charge in [0.25, 0.3) is 0 Å². The zero-order chi connectivity index (χ0) is 21.2. The van der Waals surface area contributed by atoms with E-state index in [1.807, 2.05) is 36.3 Å². The Kier molecular flexibility index (Phi) is 9.96. The molecule has 0 aliphatic heterocycles. The number of benzene rings is 1. The van der Waals surface area contributed by atoms with Crippen molar-refractivity contribution in [3.8, 4) is 0 Å². The SMILES string of the molecule is C=CN/C=C\N(C)C(C)N(COCC[Si](C)(C)C)/N=C(\C)c1ccc(F)cc1. The first kappa shape index (κ1) is 23.9. The van der Waals surface area contributed by atoms with Crippen LogP contribution in [-0.4, -0.2) is 50.2 Å². The van der Waals surface area contributed by atoms with Crippen molar-refractivity contribution in [1.29, 1.82) is 0 Å². The molecule has 0 aromatic heterocycles. The minimum absolute atomic E-state index is 0.0369. The second kappa shape index (κ2) is 11.7. The summed E-state index contributed by atoms with van der Waals surface area (Å²) in [5.74, 6) is -0.254. The molecule has 1 unspecified atom stereocenters. The molecular formula is C21H35FN4OSi. The van der Waals surface area contributed by atoms with E-state index in [0.717, 1.165) is 23.9 Å². The minimum Gasteiger partial charge on any atom is -0.367 e. The van der Waals surface area contributed by atoms with E-state index in [-0.39, 0.29) is 12.0 Å². The van der Waals surface area contributed by atoms with Crippen LogP contribution >= 0.6 is 0 Å². The number of nitrogens with one attached hydrogen (secondary N) is 1. The van der Waals surface area contributed by atoms with Crippen molar-refractivity contribution in [3.63, 3.8) is 0 Å². The molecule has 0 saturated carbocycles. The standard InChI is InChI=1S/C21H35FN4OSi/c1-8-23-13-14-25(4)19(3)26(17-27-15-16-28(5,6)7)24-18(2)20-9-11-21(22)12-10-20/h8-14,19,23H,1,15-17H2,2-7H3/b14-13-,24-18+. The average molecular weight is 407 g/mol. The van der Waals surface area contributed by atoms with Crippen LogP contribution in [0.3, 0.4) is 0 Å². The predicted molar refractivity (Wildman–Crippen MR) is 119 cm³/mol. The molecule has 28 heavy (non-hydrogen) atoms. The molecule has 0 amide bonds. The van der Waals surface area contributed by atoms with E-state index in [4.69, 9.17) is 9.84 Å². The third-order valence-corrected chi connectivity index (χ3v) is 6.01. The largest absolute Gasteiger partial charge is 0.367 e. The predicted octanol–water partition coefficient (Wildman–Crippen LogP) is 4.65. The summed E-state index contributed by atoms with van der Waals surface area (Å²) >= 11 is 0. The third kappa shape index (κ3) is 9.19. The van der Waals surface area contributed by atoms with Gasteiger partial charge in [0.15, 0.2) is 0 Å². The third-order valence-electron chi connectivity index (χ3n) is 4.30. The zero-order valence-electron chi connectivity index (χ0n) is 18.1. The Morgan fingerprint density at radius 3 is 2.54 bits per heavy atom. The van der Waals surface area contributed by atoms with E-state index in [1.54, 1.807) is 18.3 Å². The van der Waals surface area contributed by atoms with Gasteiger partial charge in [-0.2, -0.15) is 5.10 Å². The molecule has 0 aliphatic rings. The van der Waals surface area contributed by atoms with Gasteiger partial charge in [0.1, 0.15) is 18.7 Å². The maximum atomic E-state index is 13.2. The summed E-state index contributed by atoms with van der Waals surface area (Å²) in [7, 11) is 0.832. The van der Waals surface area contributed by atoms with Crippen molar-refractivity contribution >= 4 is 13.8 Å². The zero-order valence-corrected chi connectivity index (χ0v) is 19.1. The molecule has 1 rings (SSSR count). The van der Waals surface area contributed by atoms with Gasteiger partial charge in [0, 0.05) is 34.1 Å². The van der Waals surface area contributed by atoms with Crippen molar-refractivity contribution in [3.05, 3.63) is 60.8 Å². The topological polar surface area (TPSA) is 40.1 Å². The molecule has 0 heterocycles. The van der Waals surface area contributed by atoms with Gasteiger partial charge in [-0.25, -0.2) is 9.40 Å². The fourth-order valence-corrected chi connectivity index (χ4v) is 3.02. The number of hydrogen-bond donors (Lipinski definition) is 1. The molecule has 7 heteroatoms. The van der Waals surface area contributed by atoms with Crippen molar-refractivity contribution in [2.24, 2.45) is 5.10 Å². The molecule has 1 aromatic carbocycles. The molecule has 0 fully saturated rings. The fraction of sp³-hybridized carbons (Fsp3) is 0.476. The second-order valence-corrected chi connectivity index (χ2v) is 13.6. The number of halogens is 1. The average Bonchev–Trinajstić information content (AvgIpc) is 2.63. The summed E-state index contributed by atoms with van der Waals surface area (Å²) in [6.45, 7) is 15.7. The van der Waals surface area contributed by atoms with E-state index < -0.39 is 8.07 Å². The van der Waals surface area contributed by atoms with Crippen LogP contribution in [0.4, 0.5) is 4.39 Å². The monoisotopic (exact) mass is 406 g/mol. The lowest BCUT2D eigenvalue weighted by molar-refractivity contribution is -0.0166. The van der Waals surface area contributed by atoms with Crippen molar-refractivity contribution in [2.75, 3.05) is 20.4 Å². The molecule has 156 valence electrons. The second-order valence-electron chi connectivity index (χ2n) is 7.96. The lowest BCUT2D eigenvalue weighted by atomic mass is 10.1. The molecule has 1 aromatic rings. The van der Waals surface area contributed by atoms with E-state index in [2.05, 4.69) is 38.5 Å². The number of hydrazone groups is 1. The van der Waals surface area contributed by atoms with E-state index in [9.17, 15) is 4.39 Å². The maximum Gasteiger partial charge on any atom is 0.137 e. The van der Waals surface area contributed by atoms with Gasteiger partial charge in [-0.1, -0.05) is 38.4 Å². The normalized spacial score (nSPS) is 13.5. The highest BCUT2D eigenvalue weighted by atomic mass is 28.3. The Hall–Kier alpha value is -2.12. The number of ether oxygens (including phenoxy) is 1. The molecular weight excluding hydrogens is 371 g/mol. The maximum absolute atomic E-state index is 13.2. The van der Waals surface area contributed by atoms with Gasteiger partial charge >= 0.3 is 0 Å².